The van der Waals surface area contributed by atoms with Crippen LogP contribution in [0.4, 0.5) is 0 Å². The van der Waals surface area contributed by atoms with Crippen LogP contribution in [0.25, 0.3) is 0 Å². The van der Waals surface area contributed by atoms with Crippen LogP contribution >= 0.6 is 0 Å². The van der Waals surface area contributed by atoms with Gasteiger partial charge in [-0.05, 0) is 43.0 Å². The molecule has 0 amide bonds. The zero-order valence-corrected chi connectivity index (χ0v) is 16.4. The molecular weight excluding hydrogens is 338 g/mol. The third kappa shape index (κ3) is 4.73. The van der Waals surface area contributed by atoms with Crippen molar-refractivity contribution in [3.63, 3.8) is 0 Å². The Balaban J connectivity index is 1.65. The summed E-state index contributed by atoms with van der Waals surface area (Å²) in [6.45, 7) is 4.39. The Morgan fingerprint density at radius 2 is 1.74 bits per heavy atom. The Hall–Kier alpha value is -2.69. The van der Waals surface area contributed by atoms with Gasteiger partial charge in [0.15, 0.2) is 17.5 Å². The van der Waals surface area contributed by atoms with E-state index in [9.17, 15) is 0 Å². The molecule has 5 heteroatoms. The molecule has 1 aliphatic rings. The molecule has 3 rings (SSSR count). The van der Waals surface area contributed by atoms with E-state index >= 15 is 0 Å². The number of ether oxygens (including phenoxy) is 2. The highest BCUT2D eigenvalue weighted by Gasteiger charge is 2.43. The van der Waals surface area contributed by atoms with E-state index in [0.29, 0.717) is 6.54 Å². The molecule has 0 spiro atoms. The van der Waals surface area contributed by atoms with Gasteiger partial charge in [0.25, 0.3) is 0 Å². The van der Waals surface area contributed by atoms with Crippen molar-refractivity contribution in [2.75, 3.05) is 27.3 Å². The van der Waals surface area contributed by atoms with Crippen molar-refractivity contribution in [2.45, 2.75) is 31.7 Å². The summed E-state index contributed by atoms with van der Waals surface area (Å²) in [5.74, 6) is 2.30. The van der Waals surface area contributed by atoms with Crippen LogP contribution in [-0.4, -0.2) is 33.3 Å². The average Bonchev–Trinajstić information content (AvgIpc) is 3.51. The summed E-state index contributed by atoms with van der Waals surface area (Å²) in [6.07, 6.45) is 2.44. The average molecular weight is 367 g/mol. The van der Waals surface area contributed by atoms with Crippen LogP contribution in [0.3, 0.4) is 0 Å². The summed E-state index contributed by atoms with van der Waals surface area (Å²) in [5, 5.41) is 6.87. The Bertz CT molecular complexity index is 770. The monoisotopic (exact) mass is 367 g/mol. The standard InChI is InChI=1S/C22H29N3O2/c1-4-23-21(24-15-17-10-11-19(26-2)20(14-17)27-3)25-16-22(12-13-22)18-8-6-5-7-9-18/h5-11,14H,4,12-13,15-16H2,1-3H3,(H2,23,24,25). The molecule has 0 atom stereocenters. The predicted molar refractivity (Wildman–Crippen MR) is 110 cm³/mol. The molecule has 2 aromatic rings. The Labute approximate surface area is 161 Å². The van der Waals surface area contributed by atoms with Gasteiger partial charge >= 0.3 is 0 Å². The topological polar surface area (TPSA) is 54.9 Å². The van der Waals surface area contributed by atoms with E-state index in [-0.39, 0.29) is 5.41 Å². The second-order valence-corrected chi connectivity index (χ2v) is 6.88. The van der Waals surface area contributed by atoms with Gasteiger partial charge in [-0.3, -0.25) is 0 Å². The van der Waals surface area contributed by atoms with Crippen molar-refractivity contribution < 1.29 is 9.47 Å². The van der Waals surface area contributed by atoms with E-state index in [1.54, 1.807) is 14.2 Å². The Morgan fingerprint density at radius 1 is 1.00 bits per heavy atom. The van der Waals surface area contributed by atoms with E-state index in [4.69, 9.17) is 14.5 Å². The number of aliphatic imine (C=N–C) groups is 1. The van der Waals surface area contributed by atoms with Crippen molar-refractivity contribution in [1.82, 2.24) is 10.6 Å². The largest absolute Gasteiger partial charge is 0.493 e. The number of hydrogen-bond donors (Lipinski definition) is 2. The van der Waals surface area contributed by atoms with Crippen molar-refractivity contribution in [2.24, 2.45) is 4.99 Å². The van der Waals surface area contributed by atoms with Crippen LogP contribution < -0.4 is 20.1 Å². The van der Waals surface area contributed by atoms with Crippen molar-refractivity contribution in [3.8, 4) is 11.5 Å². The van der Waals surface area contributed by atoms with Crippen LogP contribution in [0.15, 0.2) is 53.5 Å². The molecule has 0 radical (unpaired) electrons. The van der Waals surface area contributed by atoms with Crippen LogP contribution in [-0.2, 0) is 12.0 Å². The van der Waals surface area contributed by atoms with E-state index in [1.165, 1.54) is 18.4 Å². The highest BCUT2D eigenvalue weighted by molar-refractivity contribution is 5.80. The molecule has 0 unspecified atom stereocenters. The van der Waals surface area contributed by atoms with E-state index in [1.807, 2.05) is 18.2 Å². The number of methoxy groups -OCH3 is 2. The minimum Gasteiger partial charge on any atom is -0.493 e. The zero-order valence-electron chi connectivity index (χ0n) is 16.4. The third-order valence-corrected chi connectivity index (χ3v) is 5.05. The van der Waals surface area contributed by atoms with Crippen molar-refractivity contribution >= 4 is 5.96 Å². The van der Waals surface area contributed by atoms with Crippen LogP contribution in [0.5, 0.6) is 11.5 Å². The fourth-order valence-electron chi connectivity index (χ4n) is 3.25. The molecule has 0 heterocycles. The summed E-state index contributed by atoms with van der Waals surface area (Å²) in [6, 6.07) is 16.7. The van der Waals surface area contributed by atoms with E-state index in [0.717, 1.165) is 36.1 Å². The highest BCUT2D eigenvalue weighted by atomic mass is 16.5. The van der Waals surface area contributed by atoms with Gasteiger partial charge in [-0.25, -0.2) is 4.99 Å². The maximum absolute atomic E-state index is 5.38. The third-order valence-electron chi connectivity index (χ3n) is 5.05. The quantitative estimate of drug-likeness (QED) is 0.554. The Kier molecular flexibility index (Phi) is 6.22. The maximum Gasteiger partial charge on any atom is 0.191 e. The number of hydrogen-bond acceptors (Lipinski definition) is 3. The van der Waals surface area contributed by atoms with Crippen LogP contribution in [0, 0.1) is 0 Å². The lowest BCUT2D eigenvalue weighted by Crippen LogP contribution is -2.41. The summed E-state index contributed by atoms with van der Waals surface area (Å²) in [5.41, 5.74) is 2.74. The van der Waals surface area contributed by atoms with E-state index in [2.05, 4.69) is 47.9 Å². The van der Waals surface area contributed by atoms with Gasteiger partial charge in [-0.2, -0.15) is 0 Å². The predicted octanol–water partition coefficient (Wildman–Crippen LogP) is 3.49. The Morgan fingerprint density at radius 3 is 2.37 bits per heavy atom. The van der Waals surface area contributed by atoms with Crippen molar-refractivity contribution in [1.29, 1.82) is 0 Å². The lowest BCUT2D eigenvalue weighted by molar-refractivity contribution is 0.354. The molecule has 1 aliphatic carbocycles. The molecule has 0 aromatic heterocycles. The van der Waals surface area contributed by atoms with Crippen LogP contribution in [0.2, 0.25) is 0 Å². The molecule has 0 aliphatic heterocycles. The maximum atomic E-state index is 5.38. The molecule has 27 heavy (non-hydrogen) atoms. The fourth-order valence-corrected chi connectivity index (χ4v) is 3.25. The summed E-state index contributed by atoms with van der Waals surface area (Å²) < 4.78 is 10.7. The minimum absolute atomic E-state index is 0.251. The van der Waals surface area contributed by atoms with Gasteiger partial charge in [-0.1, -0.05) is 36.4 Å². The number of benzene rings is 2. The molecule has 2 N–H and O–H groups in total. The van der Waals surface area contributed by atoms with Gasteiger partial charge < -0.3 is 20.1 Å². The van der Waals surface area contributed by atoms with Crippen LogP contribution in [0.1, 0.15) is 30.9 Å². The van der Waals surface area contributed by atoms with Crippen molar-refractivity contribution in [3.05, 3.63) is 59.7 Å². The SMILES string of the molecule is CCNC(=NCc1ccc(OC)c(OC)c1)NCC1(c2ccccc2)CC1. The second kappa shape index (κ2) is 8.80. The molecule has 2 aromatic carbocycles. The molecular formula is C22H29N3O2. The first-order chi connectivity index (χ1) is 13.2. The first kappa shape index (κ1) is 19.1. The van der Waals surface area contributed by atoms with Gasteiger partial charge in [0.05, 0.1) is 20.8 Å². The van der Waals surface area contributed by atoms with Gasteiger partial charge in [0.1, 0.15) is 0 Å². The molecule has 144 valence electrons. The number of nitrogens with one attached hydrogen (secondary N) is 2. The molecule has 0 bridgehead atoms. The lowest BCUT2D eigenvalue weighted by atomic mass is 9.96. The summed E-state index contributed by atoms with van der Waals surface area (Å²) in [7, 11) is 3.29. The normalized spacial score (nSPS) is 15.1. The highest BCUT2D eigenvalue weighted by Crippen LogP contribution is 2.47. The summed E-state index contributed by atoms with van der Waals surface area (Å²) >= 11 is 0. The first-order valence-corrected chi connectivity index (χ1v) is 9.49. The second-order valence-electron chi connectivity index (χ2n) is 6.88. The zero-order chi connectivity index (χ0) is 19.1. The summed E-state index contributed by atoms with van der Waals surface area (Å²) in [4.78, 5) is 4.74. The minimum atomic E-state index is 0.251. The van der Waals surface area contributed by atoms with E-state index < -0.39 is 0 Å². The van der Waals surface area contributed by atoms with Gasteiger partial charge in [0.2, 0.25) is 0 Å². The van der Waals surface area contributed by atoms with Gasteiger partial charge in [-0.15, -0.1) is 0 Å². The molecule has 1 saturated carbocycles. The first-order valence-electron chi connectivity index (χ1n) is 9.49. The molecule has 0 saturated heterocycles. The smallest absolute Gasteiger partial charge is 0.191 e. The van der Waals surface area contributed by atoms with Gasteiger partial charge in [0, 0.05) is 18.5 Å². The number of nitrogens with zero attached hydrogens (tertiary/aromatic N) is 1. The number of rotatable bonds is 8. The fraction of sp³-hybridized carbons (Fsp3) is 0.409. The lowest BCUT2D eigenvalue weighted by Gasteiger charge is -2.19. The molecule has 5 nitrogen and oxygen atoms in total. The molecule has 1 fully saturated rings. The number of guanidine groups is 1.